The molecule has 0 aliphatic heterocycles. The van der Waals surface area contributed by atoms with Gasteiger partial charge in [-0.1, -0.05) is 35.4 Å². The summed E-state index contributed by atoms with van der Waals surface area (Å²) in [4.78, 5) is 23.3. The minimum absolute atomic E-state index is 0.140. The van der Waals surface area contributed by atoms with Crippen molar-refractivity contribution in [3.05, 3.63) is 46.0 Å². The Hall–Kier alpha value is -1.52. The molecule has 0 heterocycles. The molecule has 4 nitrogen and oxygen atoms in total. The normalized spacial score (nSPS) is 15.9. The van der Waals surface area contributed by atoms with Crippen LogP contribution in [-0.2, 0) is 16.0 Å². The number of carbonyl (C=O) groups excluding carboxylic acids is 1. The molecular weight excluding hydrogens is 313 g/mol. The molecule has 1 aliphatic rings. The summed E-state index contributed by atoms with van der Waals surface area (Å²) in [5, 5.41) is 12.7. The third kappa shape index (κ3) is 4.48. The van der Waals surface area contributed by atoms with Gasteiger partial charge in [-0.3, -0.25) is 4.79 Å². The van der Waals surface area contributed by atoms with Gasteiger partial charge in [0, 0.05) is 22.4 Å². The SMILES string of the molecule is O=C(NC(Cc1cc(Cl)cc(Cl)c1)C(=O)O)C1CC=CC1. The van der Waals surface area contributed by atoms with Gasteiger partial charge < -0.3 is 10.4 Å². The van der Waals surface area contributed by atoms with Gasteiger partial charge in [-0.2, -0.15) is 0 Å². The minimum Gasteiger partial charge on any atom is -0.480 e. The van der Waals surface area contributed by atoms with Crippen LogP contribution in [-0.4, -0.2) is 23.0 Å². The number of amides is 1. The monoisotopic (exact) mass is 327 g/mol. The number of hydrogen-bond donors (Lipinski definition) is 2. The van der Waals surface area contributed by atoms with Crippen LogP contribution in [0.3, 0.4) is 0 Å². The van der Waals surface area contributed by atoms with Gasteiger partial charge in [-0.15, -0.1) is 0 Å². The first-order valence-corrected chi connectivity index (χ1v) is 7.34. The average Bonchev–Trinajstić information content (AvgIpc) is 2.90. The van der Waals surface area contributed by atoms with E-state index in [1.54, 1.807) is 18.2 Å². The summed E-state index contributed by atoms with van der Waals surface area (Å²) >= 11 is 11.8. The highest BCUT2D eigenvalue weighted by molar-refractivity contribution is 6.34. The van der Waals surface area contributed by atoms with E-state index < -0.39 is 12.0 Å². The Labute approximate surface area is 132 Å². The third-order valence-electron chi connectivity index (χ3n) is 3.36. The van der Waals surface area contributed by atoms with E-state index in [1.165, 1.54) is 0 Å². The van der Waals surface area contributed by atoms with E-state index in [1.807, 2.05) is 12.2 Å². The van der Waals surface area contributed by atoms with E-state index >= 15 is 0 Å². The summed E-state index contributed by atoms with van der Waals surface area (Å²) in [5.41, 5.74) is 0.671. The number of halogens is 2. The molecule has 1 amide bonds. The predicted octanol–water partition coefficient (Wildman–Crippen LogP) is 3.07. The number of carbonyl (C=O) groups is 2. The van der Waals surface area contributed by atoms with Crippen LogP contribution in [0.15, 0.2) is 30.4 Å². The van der Waals surface area contributed by atoms with Gasteiger partial charge in [0.25, 0.3) is 0 Å². The first-order valence-electron chi connectivity index (χ1n) is 6.59. The van der Waals surface area contributed by atoms with E-state index in [0.717, 1.165) is 0 Å². The van der Waals surface area contributed by atoms with E-state index in [4.69, 9.17) is 23.2 Å². The Bertz CT molecular complexity index is 558. The fraction of sp³-hybridized carbons (Fsp3) is 0.333. The second-order valence-corrected chi connectivity index (χ2v) is 5.89. The van der Waals surface area contributed by atoms with E-state index in [9.17, 15) is 14.7 Å². The summed E-state index contributed by atoms with van der Waals surface area (Å²) in [6.07, 6.45) is 5.30. The van der Waals surface area contributed by atoms with Crippen molar-refractivity contribution >= 4 is 35.1 Å². The van der Waals surface area contributed by atoms with Crippen LogP contribution in [0.25, 0.3) is 0 Å². The lowest BCUT2D eigenvalue weighted by molar-refractivity contribution is -0.142. The van der Waals surface area contributed by atoms with E-state index in [-0.39, 0.29) is 18.2 Å². The molecule has 0 fully saturated rings. The molecule has 1 unspecified atom stereocenters. The molecule has 21 heavy (non-hydrogen) atoms. The maximum absolute atomic E-state index is 12.0. The zero-order valence-electron chi connectivity index (χ0n) is 11.2. The molecule has 0 spiro atoms. The topological polar surface area (TPSA) is 66.4 Å². The molecule has 2 rings (SSSR count). The van der Waals surface area contributed by atoms with Crippen LogP contribution in [0.4, 0.5) is 0 Å². The van der Waals surface area contributed by atoms with Crippen molar-refractivity contribution in [2.45, 2.75) is 25.3 Å². The molecule has 0 radical (unpaired) electrons. The van der Waals surface area contributed by atoms with Crippen molar-refractivity contribution < 1.29 is 14.7 Å². The molecule has 1 aromatic rings. The van der Waals surface area contributed by atoms with Gasteiger partial charge in [0.1, 0.15) is 6.04 Å². The van der Waals surface area contributed by atoms with Crippen LogP contribution >= 0.6 is 23.2 Å². The van der Waals surface area contributed by atoms with Gasteiger partial charge >= 0.3 is 5.97 Å². The highest BCUT2D eigenvalue weighted by atomic mass is 35.5. The number of carboxylic acid groups (broad SMARTS) is 1. The smallest absolute Gasteiger partial charge is 0.326 e. The lowest BCUT2D eigenvalue weighted by atomic mass is 10.0. The average molecular weight is 328 g/mol. The number of benzene rings is 1. The van der Waals surface area contributed by atoms with Gasteiger partial charge in [-0.05, 0) is 36.6 Å². The Balaban J connectivity index is 2.05. The molecule has 0 bridgehead atoms. The van der Waals surface area contributed by atoms with Gasteiger partial charge in [0.05, 0.1) is 0 Å². The second kappa shape index (κ2) is 6.96. The molecule has 0 saturated heterocycles. The molecular formula is C15H15Cl2NO3. The fourth-order valence-electron chi connectivity index (χ4n) is 2.29. The van der Waals surface area contributed by atoms with Gasteiger partial charge in [0.15, 0.2) is 0 Å². The molecule has 1 aromatic carbocycles. The predicted molar refractivity (Wildman–Crippen MR) is 81.6 cm³/mol. The standard InChI is InChI=1S/C15H15Cl2NO3/c16-11-5-9(6-12(17)8-11)7-13(15(20)21)18-14(19)10-3-1-2-4-10/h1-2,5-6,8,10,13H,3-4,7H2,(H,18,19)(H,20,21). The zero-order valence-corrected chi connectivity index (χ0v) is 12.7. The Morgan fingerprint density at radius 2 is 1.76 bits per heavy atom. The van der Waals surface area contributed by atoms with Crippen LogP contribution in [0.5, 0.6) is 0 Å². The summed E-state index contributed by atoms with van der Waals surface area (Å²) in [7, 11) is 0. The molecule has 6 heteroatoms. The summed E-state index contributed by atoms with van der Waals surface area (Å²) in [6, 6.07) is 3.87. The number of rotatable bonds is 5. The highest BCUT2D eigenvalue weighted by Gasteiger charge is 2.25. The largest absolute Gasteiger partial charge is 0.480 e. The number of hydrogen-bond acceptors (Lipinski definition) is 2. The van der Waals surface area contributed by atoms with Crippen molar-refractivity contribution in [3.8, 4) is 0 Å². The third-order valence-corrected chi connectivity index (χ3v) is 3.79. The van der Waals surface area contributed by atoms with Crippen LogP contribution < -0.4 is 5.32 Å². The summed E-state index contributed by atoms with van der Waals surface area (Å²) < 4.78 is 0. The maximum Gasteiger partial charge on any atom is 0.326 e. The number of nitrogens with one attached hydrogen (secondary N) is 1. The summed E-state index contributed by atoms with van der Waals surface area (Å²) in [5.74, 6) is -1.49. The Morgan fingerprint density at radius 1 is 1.19 bits per heavy atom. The first kappa shape index (κ1) is 15.9. The molecule has 112 valence electrons. The Kier molecular flexibility index (Phi) is 5.26. The lowest BCUT2D eigenvalue weighted by Crippen LogP contribution is -2.44. The van der Waals surface area contributed by atoms with Gasteiger partial charge in [-0.25, -0.2) is 4.79 Å². The van der Waals surface area contributed by atoms with Crippen molar-refractivity contribution in [2.24, 2.45) is 5.92 Å². The molecule has 0 saturated carbocycles. The summed E-state index contributed by atoms with van der Waals surface area (Å²) in [6.45, 7) is 0. The van der Waals surface area contributed by atoms with Crippen LogP contribution in [0.2, 0.25) is 10.0 Å². The van der Waals surface area contributed by atoms with Crippen molar-refractivity contribution in [1.82, 2.24) is 5.32 Å². The van der Waals surface area contributed by atoms with Crippen molar-refractivity contribution in [1.29, 1.82) is 0 Å². The minimum atomic E-state index is -1.08. The maximum atomic E-state index is 12.0. The zero-order chi connectivity index (χ0) is 15.4. The highest BCUT2D eigenvalue weighted by Crippen LogP contribution is 2.21. The fourth-order valence-corrected chi connectivity index (χ4v) is 2.86. The molecule has 1 atom stereocenters. The molecule has 2 N–H and O–H groups in total. The second-order valence-electron chi connectivity index (χ2n) is 5.02. The van der Waals surface area contributed by atoms with Gasteiger partial charge in [0.2, 0.25) is 5.91 Å². The first-order chi connectivity index (χ1) is 9.95. The van der Waals surface area contributed by atoms with Crippen molar-refractivity contribution in [3.63, 3.8) is 0 Å². The van der Waals surface area contributed by atoms with Crippen LogP contribution in [0, 0.1) is 5.92 Å². The lowest BCUT2D eigenvalue weighted by Gasteiger charge is -2.17. The molecule has 1 aliphatic carbocycles. The number of carboxylic acids is 1. The molecule has 0 aromatic heterocycles. The number of aliphatic carboxylic acids is 1. The van der Waals surface area contributed by atoms with E-state index in [2.05, 4.69) is 5.32 Å². The van der Waals surface area contributed by atoms with Crippen molar-refractivity contribution in [2.75, 3.05) is 0 Å². The number of allylic oxidation sites excluding steroid dienone is 2. The Morgan fingerprint density at radius 3 is 2.29 bits per heavy atom. The van der Waals surface area contributed by atoms with E-state index in [0.29, 0.717) is 28.5 Å². The van der Waals surface area contributed by atoms with Crippen LogP contribution in [0.1, 0.15) is 18.4 Å². The quantitative estimate of drug-likeness (QED) is 0.817.